The maximum Gasteiger partial charge on any atom is 0.265 e. The number of Topliss-reactive ketones (excluding diaryl/α,β-unsaturated/α-hetero) is 1. The van der Waals surface area contributed by atoms with Crippen molar-refractivity contribution in [2.24, 2.45) is 0 Å². The van der Waals surface area contributed by atoms with Crippen LogP contribution in [0.15, 0.2) is 18.2 Å². The summed E-state index contributed by atoms with van der Waals surface area (Å²) >= 11 is 0. The molecule has 0 fully saturated rings. The zero-order valence-electron chi connectivity index (χ0n) is 11.3. The summed E-state index contributed by atoms with van der Waals surface area (Å²) in [7, 11) is 0. The van der Waals surface area contributed by atoms with Crippen LogP contribution in [0.2, 0.25) is 0 Å². The van der Waals surface area contributed by atoms with Gasteiger partial charge < -0.3 is 15.4 Å². The lowest BCUT2D eigenvalue weighted by Gasteiger charge is -2.23. The van der Waals surface area contributed by atoms with Gasteiger partial charge in [-0.05, 0) is 25.1 Å². The zero-order chi connectivity index (χ0) is 14.0. The largest absolute Gasteiger partial charge is 0.479 e. The third kappa shape index (κ3) is 3.12. The van der Waals surface area contributed by atoms with Gasteiger partial charge in [0.2, 0.25) is 0 Å². The fourth-order valence-electron chi connectivity index (χ4n) is 1.78. The number of carbonyl (C=O) groups is 2. The number of anilines is 1. The molecule has 19 heavy (non-hydrogen) atoms. The number of carbonyl (C=O) groups excluding carboxylic acids is 2. The van der Waals surface area contributed by atoms with Crippen molar-refractivity contribution in [3.05, 3.63) is 23.8 Å². The predicted octanol–water partition coefficient (Wildman–Crippen LogP) is 1.59. The summed E-state index contributed by atoms with van der Waals surface area (Å²) in [6, 6.07) is 5.34. The molecule has 0 aromatic heterocycles. The van der Waals surface area contributed by atoms with E-state index in [2.05, 4.69) is 10.6 Å². The van der Waals surface area contributed by atoms with Crippen molar-refractivity contribution in [2.45, 2.75) is 32.9 Å². The van der Waals surface area contributed by atoms with Gasteiger partial charge in [-0.3, -0.25) is 9.59 Å². The Labute approximate surface area is 112 Å². The van der Waals surface area contributed by atoms with Gasteiger partial charge in [-0.25, -0.2) is 0 Å². The number of benzene rings is 1. The Morgan fingerprint density at radius 3 is 2.89 bits per heavy atom. The van der Waals surface area contributed by atoms with Crippen LogP contribution in [-0.4, -0.2) is 30.4 Å². The van der Waals surface area contributed by atoms with Crippen LogP contribution < -0.4 is 15.4 Å². The Morgan fingerprint density at radius 1 is 1.47 bits per heavy atom. The Kier molecular flexibility index (Phi) is 3.85. The number of amides is 1. The second-order valence-corrected chi connectivity index (χ2v) is 4.92. The number of hydrogen-bond acceptors (Lipinski definition) is 4. The van der Waals surface area contributed by atoms with Gasteiger partial charge in [0.1, 0.15) is 5.75 Å². The minimum absolute atomic E-state index is 0.00984. The number of rotatable bonds is 4. The van der Waals surface area contributed by atoms with Gasteiger partial charge in [0.05, 0.1) is 12.2 Å². The molecule has 1 aromatic carbocycles. The molecule has 5 heteroatoms. The molecule has 1 amide bonds. The minimum atomic E-state index is -0.503. The van der Waals surface area contributed by atoms with E-state index in [1.165, 1.54) is 0 Å². The zero-order valence-corrected chi connectivity index (χ0v) is 11.3. The summed E-state index contributed by atoms with van der Waals surface area (Å²) in [5.41, 5.74) is 1.11. The smallest absolute Gasteiger partial charge is 0.265 e. The van der Waals surface area contributed by atoms with E-state index in [1.807, 2.05) is 13.8 Å². The molecule has 1 aliphatic rings. The van der Waals surface area contributed by atoms with Gasteiger partial charge in [0.25, 0.3) is 5.91 Å². The van der Waals surface area contributed by atoms with Crippen LogP contribution in [0, 0.1) is 0 Å². The molecule has 0 saturated heterocycles. The van der Waals surface area contributed by atoms with Crippen LogP contribution in [0.3, 0.4) is 0 Å². The molecule has 1 aliphatic heterocycles. The summed E-state index contributed by atoms with van der Waals surface area (Å²) in [6.07, 6.45) is -0.503. The quantitative estimate of drug-likeness (QED) is 0.809. The van der Waals surface area contributed by atoms with Gasteiger partial charge in [-0.2, -0.15) is 0 Å². The first-order valence-electron chi connectivity index (χ1n) is 6.35. The summed E-state index contributed by atoms with van der Waals surface area (Å²) < 4.78 is 5.44. The fraction of sp³-hybridized carbons (Fsp3) is 0.429. The first kappa shape index (κ1) is 13.5. The fourth-order valence-corrected chi connectivity index (χ4v) is 1.78. The van der Waals surface area contributed by atoms with E-state index in [-0.39, 0.29) is 24.3 Å². The third-order valence-electron chi connectivity index (χ3n) is 2.90. The highest BCUT2D eigenvalue weighted by Gasteiger charge is 2.24. The van der Waals surface area contributed by atoms with Gasteiger partial charge in [-0.15, -0.1) is 0 Å². The molecular formula is C14H18N2O3. The van der Waals surface area contributed by atoms with Crippen LogP contribution in [-0.2, 0) is 4.79 Å². The normalized spacial score (nSPS) is 17.7. The standard InChI is InChI=1S/C14H18N2O3/c1-8(2)15-7-12(17)10-4-5-13-11(6-10)16-14(18)9(3)19-13/h4-6,8-9,15H,7H2,1-3H3,(H,16,18). The lowest BCUT2D eigenvalue weighted by Crippen LogP contribution is -2.34. The van der Waals surface area contributed by atoms with Gasteiger partial charge in [0, 0.05) is 11.6 Å². The Bertz CT molecular complexity index is 511. The molecule has 0 saturated carbocycles. The van der Waals surface area contributed by atoms with Gasteiger partial charge in [-0.1, -0.05) is 13.8 Å². The van der Waals surface area contributed by atoms with E-state index in [0.717, 1.165) is 0 Å². The minimum Gasteiger partial charge on any atom is -0.479 e. The highest BCUT2D eigenvalue weighted by Crippen LogP contribution is 2.30. The first-order valence-corrected chi connectivity index (χ1v) is 6.35. The molecule has 2 rings (SSSR count). The van der Waals surface area contributed by atoms with Crippen molar-refractivity contribution in [1.29, 1.82) is 0 Å². The molecule has 0 aliphatic carbocycles. The molecular weight excluding hydrogens is 244 g/mol. The number of fused-ring (bicyclic) bond motifs is 1. The number of ether oxygens (including phenoxy) is 1. The average Bonchev–Trinajstić information content (AvgIpc) is 2.36. The van der Waals surface area contributed by atoms with Crippen molar-refractivity contribution in [1.82, 2.24) is 5.32 Å². The van der Waals surface area contributed by atoms with Crippen LogP contribution in [0.1, 0.15) is 31.1 Å². The van der Waals surface area contributed by atoms with E-state index >= 15 is 0 Å². The second-order valence-electron chi connectivity index (χ2n) is 4.92. The van der Waals surface area contributed by atoms with Gasteiger partial charge in [0.15, 0.2) is 11.9 Å². The topological polar surface area (TPSA) is 67.4 Å². The van der Waals surface area contributed by atoms with E-state index < -0.39 is 6.10 Å². The molecule has 1 aromatic rings. The molecule has 102 valence electrons. The van der Waals surface area contributed by atoms with Crippen molar-refractivity contribution >= 4 is 17.4 Å². The van der Waals surface area contributed by atoms with E-state index in [4.69, 9.17) is 4.74 Å². The van der Waals surface area contributed by atoms with E-state index in [0.29, 0.717) is 17.0 Å². The van der Waals surface area contributed by atoms with Crippen LogP contribution >= 0.6 is 0 Å². The van der Waals surface area contributed by atoms with E-state index in [1.54, 1.807) is 25.1 Å². The van der Waals surface area contributed by atoms with Gasteiger partial charge >= 0.3 is 0 Å². The molecule has 2 N–H and O–H groups in total. The summed E-state index contributed by atoms with van der Waals surface area (Å²) in [5.74, 6) is 0.391. The lowest BCUT2D eigenvalue weighted by atomic mass is 10.1. The van der Waals surface area contributed by atoms with E-state index in [9.17, 15) is 9.59 Å². The number of nitrogens with one attached hydrogen (secondary N) is 2. The Morgan fingerprint density at radius 2 is 2.21 bits per heavy atom. The molecule has 0 spiro atoms. The maximum atomic E-state index is 12.0. The van der Waals surface area contributed by atoms with Crippen LogP contribution in [0.4, 0.5) is 5.69 Å². The second kappa shape index (κ2) is 5.40. The Balaban J connectivity index is 2.15. The SMILES string of the molecule is CC(C)NCC(=O)c1ccc2c(c1)NC(=O)C(C)O2. The average molecular weight is 262 g/mol. The molecule has 5 nitrogen and oxygen atoms in total. The predicted molar refractivity (Wildman–Crippen MR) is 72.6 cm³/mol. The monoisotopic (exact) mass is 262 g/mol. The Hall–Kier alpha value is -1.88. The van der Waals surface area contributed by atoms with Crippen LogP contribution in [0.5, 0.6) is 5.75 Å². The molecule has 1 atom stereocenters. The molecule has 0 radical (unpaired) electrons. The highest BCUT2D eigenvalue weighted by atomic mass is 16.5. The first-order chi connectivity index (χ1) is 8.97. The van der Waals surface area contributed by atoms with Crippen molar-refractivity contribution in [3.63, 3.8) is 0 Å². The molecule has 1 heterocycles. The highest BCUT2D eigenvalue weighted by molar-refractivity contribution is 6.02. The number of ketones is 1. The van der Waals surface area contributed by atoms with Crippen molar-refractivity contribution < 1.29 is 14.3 Å². The van der Waals surface area contributed by atoms with Crippen molar-refractivity contribution in [2.75, 3.05) is 11.9 Å². The maximum absolute atomic E-state index is 12.0. The third-order valence-corrected chi connectivity index (χ3v) is 2.90. The lowest BCUT2D eigenvalue weighted by molar-refractivity contribution is -0.122. The van der Waals surface area contributed by atoms with Crippen molar-refractivity contribution in [3.8, 4) is 5.75 Å². The molecule has 1 unspecified atom stereocenters. The summed E-state index contributed by atoms with van der Waals surface area (Å²) in [5, 5.41) is 5.80. The van der Waals surface area contributed by atoms with Crippen LogP contribution in [0.25, 0.3) is 0 Å². The number of hydrogen-bond donors (Lipinski definition) is 2. The molecule has 0 bridgehead atoms. The summed E-state index contributed by atoms with van der Waals surface area (Å²) in [4.78, 5) is 23.5. The summed E-state index contributed by atoms with van der Waals surface area (Å²) in [6.45, 7) is 5.93.